The fourth-order valence-corrected chi connectivity index (χ4v) is 2.03. The topological polar surface area (TPSA) is 88.2 Å². The van der Waals surface area contributed by atoms with Gasteiger partial charge in [0.2, 0.25) is 11.7 Å². The van der Waals surface area contributed by atoms with Crippen LogP contribution in [-0.2, 0) is 11.3 Å². The quantitative estimate of drug-likeness (QED) is 0.743. The molecule has 0 aromatic carbocycles. The molecule has 0 unspecified atom stereocenters. The van der Waals surface area contributed by atoms with E-state index in [1.54, 1.807) is 11.3 Å². The number of aromatic nitrogens is 2. The van der Waals surface area contributed by atoms with Gasteiger partial charge < -0.3 is 14.9 Å². The number of nitrogens with one attached hydrogen (secondary N) is 1. The van der Waals surface area contributed by atoms with E-state index in [1.807, 2.05) is 16.8 Å². The van der Waals surface area contributed by atoms with Crippen LogP contribution in [-0.4, -0.2) is 27.8 Å². The Bertz CT molecular complexity index is 495. The van der Waals surface area contributed by atoms with Gasteiger partial charge >= 0.3 is 5.97 Å². The van der Waals surface area contributed by atoms with Crippen LogP contribution in [0.2, 0.25) is 0 Å². The Balaban J connectivity index is 1.76. The molecule has 2 aromatic rings. The first-order valence-electron chi connectivity index (χ1n) is 5.53. The lowest BCUT2D eigenvalue weighted by Gasteiger charge is -1.98. The molecule has 6 nitrogen and oxygen atoms in total. The van der Waals surface area contributed by atoms with Crippen LogP contribution in [0.15, 0.2) is 21.3 Å². The molecular formula is C11H13N3O3S. The number of aliphatic carboxylic acids is 1. The van der Waals surface area contributed by atoms with Gasteiger partial charge in [-0.05, 0) is 24.4 Å². The lowest BCUT2D eigenvalue weighted by molar-refractivity contribution is -0.137. The maximum atomic E-state index is 10.3. The van der Waals surface area contributed by atoms with E-state index in [0.29, 0.717) is 31.2 Å². The average Bonchev–Trinajstić information content (AvgIpc) is 2.98. The normalized spacial score (nSPS) is 10.7. The van der Waals surface area contributed by atoms with Gasteiger partial charge in [-0.3, -0.25) is 4.79 Å². The van der Waals surface area contributed by atoms with Crippen LogP contribution in [0.3, 0.4) is 0 Å². The molecule has 96 valence electrons. The molecule has 2 aromatic heterocycles. The molecule has 0 fully saturated rings. The third-order valence-corrected chi connectivity index (χ3v) is 2.95. The van der Waals surface area contributed by atoms with Gasteiger partial charge in [0.1, 0.15) is 0 Å². The number of hydrogen-bond donors (Lipinski definition) is 2. The van der Waals surface area contributed by atoms with Crippen molar-refractivity contribution in [1.82, 2.24) is 15.5 Å². The van der Waals surface area contributed by atoms with Gasteiger partial charge in [-0.1, -0.05) is 5.16 Å². The highest BCUT2D eigenvalue weighted by Gasteiger charge is 2.08. The van der Waals surface area contributed by atoms with Crippen LogP contribution < -0.4 is 5.32 Å². The predicted octanol–water partition coefficient (Wildman–Crippen LogP) is 1.75. The Hall–Kier alpha value is -1.73. The first kappa shape index (κ1) is 12.7. The standard InChI is InChI=1S/C11H13N3O3S/c15-10(16)2-1-4-12-6-9-13-11(14-17-9)8-3-5-18-7-8/h3,5,7,12H,1-2,4,6H2,(H,15,16). The molecule has 0 saturated heterocycles. The van der Waals surface area contributed by atoms with Crippen LogP contribution in [0, 0.1) is 0 Å². The van der Waals surface area contributed by atoms with Gasteiger partial charge in [0.25, 0.3) is 0 Å². The van der Waals surface area contributed by atoms with Gasteiger partial charge in [-0.15, -0.1) is 0 Å². The van der Waals surface area contributed by atoms with Crippen LogP contribution in [0.5, 0.6) is 0 Å². The van der Waals surface area contributed by atoms with Crippen molar-refractivity contribution in [1.29, 1.82) is 0 Å². The van der Waals surface area contributed by atoms with E-state index in [9.17, 15) is 4.79 Å². The summed E-state index contributed by atoms with van der Waals surface area (Å²) < 4.78 is 5.08. The summed E-state index contributed by atoms with van der Waals surface area (Å²) in [6.07, 6.45) is 0.748. The monoisotopic (exact) mass is 267 g/mol. The summed E-state index contributed by atoms with van der Waals surface area (Å²) in [6, 6.07) is 1.93. The van der Waals surface area contributed by atoms with Crippen molar-refractivity contribution >= 4 is 17.3 Å². The molecule has 7 heteroatoms. The predicted molar refractivity (Wildman–Crippen MR) is 66.2 cm³/mol. The molecule has 0 atom stereocenters. The van der Waals surface area contributed by atoms with E-state index in [2.05, 4.69) is 15.5 Å². The summed E-state index contributed by atoms with van der Waals surface area (Å²) >= 11 is 1.58. The highest BCUT2D eigenvalue weighted by atomic mass is 32.1. The Kier molecular flexibility index (Phi) is 4.43. The van der Waals surface area contributed by atoms with Gasteiger partial charge in [0, 0.05) is 17.4 Å². The average molecular weight is 267 g/mol. The molecule has 0 aliphatic rings. The summed E-state index contributed by atoms with van der Waals surface area (Å²) in [4.78, 5) is 14.5. The zero-order valence-electron chi connectivity index (χ0n) is 9.63. The van der Waals surface area contributed by atoms with Crippen molar-refractivity contribution in [2.45, 2.75) is 19.4 Å². The lowest BCUT2D eigenvalue weighted by atomic mass is 10.3. The van der Waals surface area contributed by atoms with Crippen molar-refractivity contribution in [3.8, 4) is 11.4 Å². The van der Waals surface area contributed by atoms with E-state index in [4.69, 9.17) is 9.63 Å². The molecule has 18 heavy (non-hydrogen) atoms. The molecule has 2 rings (SSSR count). The molecule has 2 heterocycles. The summed E-state index contributed by atoms with van der Waals surface area (Å²) in [5, 5.41) is 19.3. The fraction of sp³-hybridized carbons (Fsp3) is 0.364. The van der Waals surface area contributed by atoms with Crippen molar-refractivity contribution in [3.63, 3.8) is 0 Å². The number of carbonyl (C=O) groups is 1. The summed E-state index contributed by atoms with van der Waals surface area (Å²) in [7, 11) is 0. The second-order valence-corrected chi connectivity index (χ2v) is 4.48. The third-order valence-electron chi connectivity index (χ3n) is 2.27. The molecule has 0 spiro atoms. The summed E-state index contributed by atoms with van der Waals surface area (Å²) in [5.74, 6) is 0.305. The van der Waals surface area contributed by atoms with Gasteiger partial charge in [0.15, 0.2) is 0 Å². The highest BCUT2D eigenvalue weighted by Crippen LogP contribution is 2.18. The maximum absolute atomic E-state index is 10.3. The van der Waals surface area contributed by atoms with Crippen molar-refractivity contribution in [2.75, 3.05) is 6.54 Å². The summed E-state index contributed by atoms with van der Waals surface area (Å²) in [6.45, 7) is 1.07. The first-order valence-corrected chi connectivity index (χ1v) is 6.47. The van der Waals surface area contributed by atoms with Crippen molar-refractivity contribution in [3.05, 3.63) is 22.7 Å². The molecule has 0 amide bonds. The molecule has 0 bridgehead atoms. The van der Waals surface area contributed by atoms with E-state index in [0.717, 1.165) is 5.56 Å². The Morgan fingerprint density at radius 1 is 1.56 bits per heavy atom. The number of carboxylic acid groups (broad SMARTS) is 1. The van der Waals surface area contributed by atoms with Crippen molar-refractivity contribution in [2.24, 2.45) is 0 Å². The second kappa shape index (κ2) is 6.27. The first-order chi connectivity index (χ1) is 8.75. The van der Waals surface area contributed by atoms with Crippen LogP contribution in [0.25, 0.3) is 11.4 Å². The van der Waals surface area contributed by atoms with E-state index in [1.165, 1.54) is 0 Å². The van der Waals surface area contributed by atoms with Gasteiger partial charge in [-0.25, -0.2) is 0 Å². The van der Waals surface area contributed by atoms with Crippen LogP contribution in [0.1, 0.15) is 18.7 Å². The van der Waals surface area contributed by atoms with E-state index < -0.39 is 5.97 Å². The molecular weight excluding hydrogens is 254 g/mol. The largest absolute Gasteiger partial charge is 0.481 e. The van der Waals surface area contributed by atoms with E-state index >= 15 is 0 Å². The Morgan fingerprint density at radius 3 is 3.17 bits per heavy atom. The summed E-state index contributed by atoms with van der Waals surface area (Å²) in [5.41, 5.74) is 0.945. The number of rotatable bonds is 7. The molecule has 0 aliphatic heterocycles. The number of carboxylic acids is 1. The highest BCUT2D eigenvalue weighted by molar-refractivity contribution is 7.08. The second-order valence-electron chi connectivity index (χ2n) is 3.70. The molecule has 2 N–H and O–H groups in total. The zero-order valence-corrected chi connectivity index (χ0v) is 10.4. The van der Waals surface area contributed by atoms with E-state index in [-0.39, 0.29) is 6.42 Å². The lowest BCUT2D eigenvalue weighted by Crippen LogP contribution is -2.15. The number of thiophene rings is 1. The zero-order chi connectivity index (χ0) is 12.8. The molecule has 0 saturated carbocycles. The van der Waals surface area contributed by atoms with Crippen LogP contribution in [0.4, 0.5) is 0 Å². The minimum absolute atomic E-state index is 0.164. The minimum atomic E-state index is -0.783. The number of hydrogen-bond acceptors (Lipinski definition) is 6. The third kappa shape index (κ3) is 3.64. The SMILES string of the molecule is O=C(O)CCCNCc1nc(-c2ccsc2)no1. The molecule has 0 aliphatic carbocycles. The van der Waals surface area contributed by atoms with Gasteiger partial charge in [0.05, 0.1) is 6.54 Å². The number of nitrogens with zero attached hydrogens (tertiary/aromatic N) is 2. The van der Waals surface area contributed by atoms with Gasteiger partial charge in [-0.2, -0.15) is 16.3 Å². The van der Waals surface area contributed by atoms with Crippen molar-refractivity contribution < 1.29 is 14.4 Å². The fourth-order valence-electron chi connectivity index (χ4n) is 1.40. The van der Waals surface area contributed by atoms with Crippen LogP contribution >= 0.6 is 11.3 Å². The minimum Gasteiger partial charge on any atom is -0.481 e. The Morgan fingerprint density at radius 2 is 2.44 bits per heavy atom. The maximum Gasteiger partial charge on any atom is 0.303 e. The molecule has 0 radical (unpaired) electrons. The smallest absolute Gasteiger partial charge is 0.303 e. The Labute approximate surface area is 108 Å².